The molecule has 6 heteroatoms. The number of ether oxygens (including phenoxy) is 1. The molecule has 0 aliphatic carbocycles. The van der Waals surface area contributed by atoms with Gasteiger partial charge in [0.2, 0.25) is 0 Å². The van der Waals surface area contributed by atoms with Crippen LogP contribution >= 0.6 is 11.8 Å². The first-order valence-corrected chi connectivity index (χ1v) is 7.22. The Morgan fingerprint density at radius 1 is 1.42 bits per heavy atom. The van der Waals surface area contributed by atoms with Crippen LogP contribution in [0.15, 0.2) is 24.3 Å². The summed E-state index contributed by atoms with van der Waals surface area (Å²) in [6.07, 6.45) is 5.01. The van der Waals surface area contributed by atoms with E-state index in [1.807, 2.05) is 12.5 Å². The van der Waals surface area contributed by atoms with Crippen molar-refractivity contribution in [3.8, 4) is 5.75 Å². The predicted molar refractivity (Wildman–Crippen MR) is 76.8 cm³/mol. The lowest BCUT2D eigenvalue weighted by molar-refractivity contribution is -0.138. The van der Waals surface area contributed by atoms with E-state index in [2.05, 4.69) is 0 Å². The molecule has 0 aliphatic heterocycles. The molecule has 1 rings (SSSR count). The molecule has 106 valence electrons. The Balaban J connectivity index is 0.000000982. The molecule has 0 spiro atoms. The van der Waals surface area contributed by atoms with Gasteiger partial charge >= 0.3 is 5.97 Å². The van der Waals surface area contributed by atoms with Crippen LogP contribution in [0.2, 0.25) is 0 Å². The van der Waals surface area contributed by atoms with Crippen molar-refractivity contribution in [2.75, 3.05) is 19.1 Å². The monoisotopic (exact) mass is 285 g/mol. The number of nitrogens with two attached hydrogens (primary N) is 1. The lowest BCUT2D eigenvalue weighted by Crippen LogP contribution is -2.32. The van der Waals surface area contributed by atoms with Gasteiger partial charge in [-0.3, -0.25) is 9.59 Å². The Bertz CT molecular complexity index is 381. The highest BCUT2D eigenvalue weighted by Crippen LogP contribution is 2.12. The number of hydrogen-bond acceptors (Lipinski definition) is 5. The standard InChI is InChI=1S/C11H13NO4.C2H6S/c12-10(11(14)15)7-8-1-3-9(4-2-8)16-6-5-13;1-3-2/h1-5,10H,6-7,12H2,(H,14,15);1-2H3. The van der Waals surface area contributed by atoms with Crippen LogP contribution in [-0.4, -0.2) is 42.5 Å². The van der Waals surface area contributed by atoms with Gasteiger partial charge in [0.05, 0.1) is 0 Å². The molecule has 0 aliphatic rings. The van der Waals surface area contributed by atoms with Gasteiger partial charge in [0.15, 0.2) is 6.29 Å². The Hall–Kier alpha value is -1.53. The molecular formula is C13H19NO4S. The van der Waals surface area contributed by atoms with Crippen LogP contribution in [0.25, 0.3) is 0 Å². The van der Waals surface area contributed by atoms with Gasteiger partial charge in [-0.15, -0.1) is 0 Å². The van der Waals surface area contributed by atoms with Gasteiger partial charge in [-0.25, -0.2) is 0 Å². The summed E-state index contributed by atoms with van der Waals surface area (Å²) < 4.78 is 5.05. The lowest BCUT2D eigenvalue weighted by atomic mass is 10.1. The van der Waals surface area contributed by atoms with E-state index in [1.165, 1.54) is 0 Å². The first kappa shape index (κ1) is 17.5. The molecule has 0 bridgehead atoms. The van der Waals surface area contributed by atoms with E-state index in [9.17, 15) is 9.59 Å². The second kappa shape index (κ2) is 10.4. The quantitative estimate of drug-likeness (QED) is 0.763. The average Bonchev–Trinajstić information content (AvgIpc) is 2.38. The van der Waals surface area contributed by atoms with Crippen molar-refractivity contribution in [1.29, 1.82) is 0 Å². The van der Waals surface area contributed by atoms with Gasteiger partial charge in [0.1, 0.15) is 18.4 Å². The fourth-order valence-electron chi connectivity index (χ4n) is 1.19. The highest BCUT2D eigenvalue weighted by Gasteiger charge is 2.11. The fourth-order valence-corrected chi connectivity index (χ4v) is 1.19. The Morgan fingerprint density at radius 3 is 2.37 bits per heavy atom. The normalized spacial score (nSPS) is 10.9. The van der Waals surface area contributed by atoms with E-state index < -0.39 is 12.0 Å². The Kier molecular flexibility index (Phi) is 9.56. The smallest absolute Gasteiger partial charge is 0.320 e. The zero-order valence-corrected chi connectivity index (χ0v) is 11.9. The van der Waals surface area contributed by atoms with Crippen molar-refractivity contribution >= 4 is 24.0 Å². The van der Waals surface area contributed by atoms with Crippen LogP contribution in [0.3, 0.4) is 0 Å². The number of aldehydes is 1. The van der Waals surface area contributed by atoms with Gasteiger partial charge in [0.25, 0.3) is 0 Å². The summed E-state index contributed by atoms with van der Waals surface area (Å²) in [6.45, 7) is 0.00792. The highest BCUT2D eigenvalue weighted by atomic mass is 32.2. The maximum atomic E-state index is 10.5. The van der Waals surface area contributed by atoms with E-state index in [-0.39, 0.29) is 13.0 Å². The molecule has 1 unspecified atom stereocenters. The number of benzene rings is 1. The number of rotatable bonds is 6. The van der Waals surface area contributed by atoms with Crippen LogP contribution in [0.5, 0.6) is 5.75 Å². The first-order valence-electron chi connectivity index (χ1n) is 5.59. The summed E-state index contributed by atoms with van der Waals surface area (Å²) in [6, 6.07) is 5.90. The van der Waals surface area contributed by atoms with E-state index in [0.717, 1.165) is 5.56 Å². The third kappa shape index (κ3) is 8.23. The zero-order valence-electron chi connectivity index (χ0n) is 11.0. The minimum atomic E-state index is -1.03. The molecule has 0 saturated heterocycles. The van der Waals surface area contributed by atoms with Crippen LogP contribution in [0.1, 0.15) is 5.56 Å². The topological polar surface area (TPSA) is 89.6 Å². The van der Waals surface area contributed by atoms with Crippen LogP contribution in [0.4, 0.5) is 0 Å². The molecule has 5 nitrogen and oxygen atoms in total. The van der Waals surface area contributed by atoms with Crippen molar-refractivity contribution in [3.63, 3.8) is 0 Å². The molecule has 19 heavy (non-hydrogen) atoms. The van der Waals surface area contributed by atoms with Crippen molar-refractivity contribution in [1.82, 2.24) is 0 Å². The lowest BCUT2D eigenvalue weighted by Gasteiger charge is -2.07. The van der Waals surface area contributed by atoms with Crippen LogP contribution in [0, 0.1) is 0 Å². The summed E-state index contributed by atoms with van der Waals surface area (Å²) in [4.78, 5) is 20.6. The average molecular weight is 285 g/mol. The Morgan fingerprint density at radius 2 is 1.95 bits per heavy atom. The third-order valence-electron chi connectivity index (χ3n) is 2.01. The molecule has 1 atom stereocenters. The van der Waals surface area contributed by atoms with E-state index >= 15 is 0 Å². The number of hydrogen-bond donors (Lipinski definition) is 2. The van der Waals surface area contributed by atoms with E-state index in [4.69, 9.17) is 15.6 Å². The number of carbonyl (C=O) groups excluding carboxylic acids is 1. The molecular weight excluding hydrogens is 266 g/mol. The highest BCUT2D eigenvalue weighted by molar-refractivity contribution is 7.97. The number of carboxylic acids is 1. The van der Waals surface area contributed by atoms with E-state index in [0.29, 0.717) is 12.0 Å². The Labute approximate surface area is 117 Å². The van der Waals surface area contributed by atoms with Crippen LogP contribution < -0.4 is 10.5 Å². The molecule has 0 radical (unpaired) electrons. The maximum Gasteiger partial charge on any atom is 0.320 e. The molecule has 1 aromatic rings. The molecule has 3 N–H and O–H groups in total. The second-order valence-electron chi connectivity index (χ2n) is 3.68. The van der Waals surface area contributed by atoms with Gasteiger partial charge in [-0.2, -0.15) is 11.8 Å². The molecule has 0 saturated carbocycles. The first-order chi connectivity index (χ1) is 9.04. The molecule has 1 aromatic carbocycles. The zero-order chi connectivity index (χ0) is 14.7. The van der Waals surface area contributed by atoms with E-state index in [1.54, 1.807) is 36.0 Å². The maximum absolute atomic E-state index is 10.5. The van der Waals surface area contributed by atoms with Crippen molar-refractivity contribution in [2.24, 2.45) is 5.73 Å². The third-order valence-corrected chi connectivity index (χ3v) is 2.01. The summed E-state index contributed by atoms with van der Waals surface area (Å²) in [5.74, 6) is -0.457. The summed E-state index contributed by atoms with van der Waals surface area (Å²) in [5.41, 5.74) is 6.20. The number of carbonyl (C=O) groups is 2. The SMILES string of the molecule is CSC.NC(Cc1ccc(OCC=O)cc1)C(=O)O. The van der Waals surface area contributed by atoms with Gasteiger partial charge in [-0.1, -0.05) is 12.1 Å². The molecule has 0 amide bonds. The minimum Gasteiger partial charge on any atom is -0.486 e. The number of carboxylic acid groups (broad SMARTS) is 1. The molecule has 0 heterocycles. The summed E-state index contributed by atoms with van der Waals surface area (Å²) in [5, 5.41) is 8.63. The minimum absolute atomic E-state index is 0.00792. The predicted octanol–water partition coefficient (Wildman–Crippen LogP) is 1.20. The van der Waals surface area contributed by atoms with Crippen molar-refractivity contribution in [3.05, 3.63) is 29.8 Å². The summed E-state index contributed by atoms with van der Waals surface area (Å²) >= 11 is 1.75. The number of aliphatic carboxylic acids is 1. The van der Waals surface area contributed by atoms with Crippen molar-refractivity contribution < 1.29 is 19.4 Å². The summed E-state index contributed by atoms with van der Waals surface area (Å²) in [7, 11) is 0. The van der Waals surface area contributed by atoms with Crippen molar-refractivity contribution in [2.45, 2.75) is 12.5 Å². The fraction of sp³-hybridized carbons (Fsp3) is 0.385. The van der Waals surface area contributed by atoms with Gasteiger partial charge in [-0.05, 0) is 36.6 Å². The van der Waals surface area contributed by atoms with Gasteiger partial charge in [0, 0.05) is 0 Å². The van der Waals surface area contributed by atoms with Gasteiger partial charge < -0.3 is 15.6 Å². The molecule has 0 fully saturated rings. The second-order valence-corrected chi connectivity index (χ2v) is 4.50. The van der Waals surface area contributed by atoms with Crippen LogP contribution in [-0.2, 0) is 16.0 Å². The largest absolute Gasteiger partial charge is 0.486 e. The molecule has 0 aromatic heterocycles. The number of thioether (sulfide) groups is 1.